The number of aromatic amines is 1. The highest BCUT2D eigenvalue weighted by Crippen LogP contribution is 2.39. The molecule has 0 amide bonds. The molecule has 1 saturated carbocycles. The topological polar surface area (TPSA) is 53.6 Å². The molecule has 2 N–H and O–H groups in total. The summed E-state index contributed by atoms with van der Waals surface area (Å²) in [5.41, 5.74) is 0.450. The molecule has 4 nitrogen and oxygen atoms in total. The van der Waals surface area contributed by atoms with Crippen LogP contribution in [0.5, 0.6) is 0 Å². The van der Waals surface area contributed by atoms with Crippen molar-refractivity contribution in [2.75, 3.05) is 0 Å². The summed E-state index contributed by atoms with van der Waals surface area (Å²) in [4.78, 5) is 4.26. The minimum absolute atomic E-state index is 0.450. The van der Waals surface area contributed by atoms with Crippen LogP contribution in [0.1, 0.15) is 38.3 Å². The Morgan fingerprint density at radius 3 is 2.79 bits per heavy atom. The number of hydrogen-bond acceptors (Lipinski definition) is 3. The number of aryl methyl sites for hydroxylation is 1. The molecule has 0 radical (unpaired) electrons. The fraction of sp³-hybridized carbons (Fsp3) is 0.800. The lowest BCUT2D eigenvalue weighted by molar-refractivity contribution is 0.107. The predicted molar refractivity (Wildman–Crippen MR) is 54.8 cm³/mol. The third kappa shape index (κ3) is 1.80. The lowest BCUT2D eigenvalue weighted by Gasteiger charge is -2.44. The molecule has 0 aliphatic heterocycles. The van der Waals surface area contributed by atoms with E-state index >= 15 is 0 Å². The zero-order valence-corrected chi connectivity index (χ0v) is 9.09. The molecule has 1 aliphatic carbocycles. The molecule has 1 aromatic heterocycles. The first-order chi connectivity index (χ1) is 6.58. The molecule has 4 heteroatoms. The first-order valence-electron chi connectivity index (χ1n) is 5.19. The SMILES string of the molecule is Cc1nc(CNC2CCC2(C)C)n[nH]1. The Bertz CT molecular complexity index is 316. The van der Waals surface area contributed by atoms with Crippen LogP contribution in [0.2, 0.25) is 0 Å². The van der Waals surface area contributed by atoms with E-state index in [-0.39, 0.29) is 0 Å². The number of nitrogens with zero attached hydrogens (tertiary/aromatic N) is 2. The van der Waals surface area contributed by atoms with Gasteiger partial charge in [-0.2, -0.15) is 5.10 Å². The molecule has 1 atom stereocenters. The molecule has 1 aliphatic rings. The average Bonchev–Trinajstić information content (AvgIpc) is 2.50. The second kappa shape index (κ2) is 3.35. The van der Waals surface area contributed by atoms with E-state index in [4.69, 9.17) is 0 Å². The summed E-state index contributed by atoms with van der Waals surface area (Å²) < 4.78 is 0. The van der Waals surface area contributed by atoms with Crippen LogP contribution >= 0.6 is 0 Å². The standard InChI is InChI=1S/C10H18N4/c1-7-12-9(14-13-7)6-11-8-4-5-10(8,2)3/h8,11H,4-6H2,1-3H3,(H,12,13,14). The lowest BCUT2D eigenvalue weighted by Crippen LogP contribution is -2.49. The molecule has 1 fully saturated rings. The summed E-state index contributed by atoms with van der Waals surface area (Å²) in [6.45, 7) is 7.30. The number of rotatable bonds is 3. The van der Waals surface area contributed by atoms with Gasteiger partial charge in [0.1, 0.15) is 5.82 Å². The van der Waals surface area contributed by atoms with Gasteiger partial charge in [0, 0.05) is 6.04 Å². The molecule has 14 heavy (non-hydrogen) atoms. The van der Waals surface area contributed by atoms with E-state index in [1.165, 1.54) is 12.8 Å². The first-order valence-corrected chi connectivity index (χ1v) is 5.19. The smallest absolute Gasteiger partial charge is 0.164 e. The van der Waals surface area contributed by atoms with Crippen LogP contribution in [-0.2, 0) is 6.54 Å². The number of nitrogens with one attached hydrogen (secondary N) is 2. The van der Waals surface area contributed by atoms with Crippen LogP contribution in [-0.4, -0.2) is 21.2 Å². The van der Waals surface area contributed by atoms with Crippen LogP contribution in [0, 0.1) is 12.3 Å². The maximum Gasteiger partial charge on any atom is 0.164 e. The van der Waals surface area contributed by atoms with Crippen LogP contribution < -0.4 is 5.32 Å². The molecule has 1 heterocycles. The second-order valence-electron chi connectivity index (χ2n) is 4.80. The molecule has 0 saturated heterocycles. The number of hydrogen-bond donors (Lipinski definition) is 2. The molecule has 1 unspecified atom stereocenters. The average molecular weight is 194 g/mol. The molecular formula is C10H18N4. The van der Waals surface area contributed by atoms with Crippen LogP contribution in [0.4, 0.5) is 0 Å². The fourth-order valence-electron chi connectivity index (χ4n) is 1.93. The highest BCUT2D eigenvalue weighted by Gasteiger charge is 2.37. The van der Waals surface area contributed by atoms with Gasteiger partial charge in [0.05, 0.1) is 6.54 Å². The molecule has 0 bridgehead atoms. The van der Waals surface area contributed by atoms with Crippen molar-refractivity contribution in [3.63, 3.8) is 0 Å². The minimum Gasteiger partial charge on any atom is -0.306 e. The summed E-state index contributed by atoms with van der Waals surface area (Å²) in [6.07, 6.45) is 2.59. The summed E-state index contributed by atoms with van der Waals surface area (Å²) >= 11 is 0. The Morgan fingerprint density at radius 1 is 1.57 bits per heavy atom. The Balaban J connectivity index is 1.83. The Hall–Kier alpha value is -0.900. The van der Waals surface area contributed by atoms with Gasteiger partial charge in [-0.05, 0) is 25.2 Å². The van der Waals surface area contributed by atoms with Crippen molar-refractivity contribution in [1.82, 2.24) is 20.5 Å². The summed E-state index contributed by atoms with van der Waals surface area (Å²) in [7, 11) is 0. The van der Waals surface area contributed by atoms with Gasteiger partial charge in [0.15, 0.2) is 5.82 Å². The Labute approximate surface area is 84.5 Å². The van der Waals surface area contributed by atoms with Gasteiger partial charge < -0.3 is 5.32 Å². The summed E-state index contributed by atoms with van der Waals surface area (Å²) in [5.74, 6) is 1.75. The Morgan fingerprint density at radius 2 is 2.36 bits per heavy atom. The van der Waals surface area contributed by atoms with Gasteiger partial charge in [-0.1, -0.05) is 13.8 Å². The molecule has 78 valence electrons. The van der Waals surface area contributed by atoms with Crippen molar-refractivity contribution in [2.45, 2.75) is 46.2 Å². The van der Waals surface area contributed by atoms with Crippen molar-refractivity contribution in [2.24, 2.45) is 5.41 Å². The quantitative estimate of drug-likeness (QED) is 0.764. The highest BCUT2D eigenvalue weighted by atomic mass is 15.2. The third-order valence-corrected chi connectivity index (χ3v) is 3.17. The summed E-state index contributed by atoms with van der Waals surface area (Å²) in [5, 5.41) is 10.4. The monoisotopic (exact) mass is 194 g/mol. The van der Waals surface area contributed by atoms with Crippen LogP contribution in [0.15, 0.2) is 0 Å². The normalized spacial score (nSPS) is 24.6. The van der Waals surface area contributed by atoms with E-state index in [1.54, 1.807) is 0 Å². The van der Waals surface area contributed by atoms with Gasteiger partial charge in [-0.25, -0.2) is 4.98 Å². The summed E-state index contributed by atoms with van der Waals surface area (Å²) in [6, 6.07) is 0.626. The molecule has 0 spiro atoms. The van der Waals surface area contributed by atoms with Crippen molar-refractivity contribution in [1.29, 1.82) is 0 Å². The third-order valence-electron chi connectivity index (χ3n) is 3.17. The maximum atomic E-state index is 4.26. The van der Waals surface area contributed by atoms with E-state index in [2.05, 4.69) is 34.3 Å². The van der Waals surface area contributed by atoms with E-state index in [0.29, 0.717) is 11.5 Å². The van der Waals surface area contributed by atoms with Gasteiger partial charge in [-0.15, -0.1) is 0 Å². The largest absolute Gasteiger partial charge is 0.306 e. The van der Waals surface area contributed by atoms with Crippen LogP contribution in [0.3, 0.4) is 0 Å². The van der Waals surface area contributed by atoms with E-state index in [0.717, 1.165) is 18.2 Å². The maximum absolute atomic E-state index is 4.26. The van der Waals surface area contributed by atoms with E-state index < -0.39 is 0 Å². The van der Waals surface area contributed by atoms with Crippen molar-refractivity contribution >= 4 is 0 Å². The van der Waals surface area contributed by atoms with Crippen molar-refractivity contribution < 1.29 is 0 Å². The van der Waals surface area contributed by atoms with E-state index in [9.17, 15) is 0 Å². The minimum atomic E-state index is 0.450. The van der Waals surface area contributed by atoms with Crippen molar-refractivity contribution in [3.8, 4) is 0 Å². The Kier molecular flexibility index (Phi) is 2.31. The first kappa shape index (κ1) is 9.65. The van der Waals surface area contributed by atoms with Gasteiger partial charge in [0.25, 0.3) is 0 Å². The zero-order valence-electron chi connectivity index (χ0n) is 9.09. The lowest BCUT2D eigenvalue weighted by atomic mass is 9.67. The molecular weight excluding hydrogens is 176 g/mol. The van der Waals surface area contributed by atoms with Gasteiger partial charge in [-0.3, -0.25) is 5.10 Å². The molecule has 0 aromatic carbocycles. The number of aromatic nitrogens is 3. The van der Waals surface area contributed by atoms with Gasteiger partial charge >= 0.3 is 0 Å². The molecule has 1 aromatic rings. The predicted octanol–water partition coefficient (Wildman–Crippen LogP) is 1.39. The van der Waals surface area contributed by atoms with E-state index in [1.807, 2.05) is 6.92 Å². The van der Waals surface area contributed by atoms with Crippen LogP contribution in [0.25, 0.3) is 0 Å². The van der Waals surface area contributed by atoms with Crippen molar-refractivity contribution in [3.05, 3.63) is 11.6 Å². The van der Waals surface area contributed by atoms with Gasteiger partial charge in [0.2, 0.25) is 0 Å². The molecule has 2 rings (SSSR count). The number of H-pyrrole nitrogens is 1. The second-order valence-corrected chi connectivity index (χ2v) is 4.80. The fourth-order valence-corrected chi connectivity index (χ4v) is 1.93. The zero-order chi connectivity index (χ0) is 10.2. The highest BCUT2D eigenvalue weighted by molar-refractivity contribution is 4.96.